The molecule has 3 heterocycles. The molecule has 1 aliphatic carbocycles. The third-order valence-electron chi connectivity index (χ3n) is 8.47. The molecule has 1 aliphatic heterocycles. The molecule has 2 aliphatic rings. The summed E-state index contributed by atoms with van der Waals surface area (Å²) in [5.41, 5.74) is -1.10. The van der Waals surface area contributed by atoms with Crippen LogP contribution in [0.2, 0.25) is 0 Å². The summed E-state index contributed by atoms with van der Waals surface area (Å²) >= 11 is 0. The lowest BCUT2D eigenvalue weighted by Gasteiger charge is -2.31. The zero-order valence-electron chi connectivity index (χ0n) is 26.5. The van der Waals surface area contributed by atoms with Gasteiger partial charge in [0.1, 0.15) is 47.2 Å². The average molecular weight is 698 g/mol. The molecule has 12 nitrogen and oxygen atoms in total. The van der Waals surface area contributed by atoms with Gasteiger partial charge in [0.15, 0.2) is 0 Å². The maximum absolute atomic E-state index is 14.9. The van der Waals surface area contributed by atoms with Crippen LogP contribution >= 0.6 is 0 Å². The van der Waals surface area contributed by atoms with Crippen LogP contribution in [0.1, 0.15) is 41.4 Å². The normalized spacial score (nSPS) is 18.0. The number of ether oxygens (including phenoxy) is 3. The second kappa shape index (κ2) is 13.1. The minimum absolute atomic E-state index is 0.0300. The van der Waals surface area contributed by atoms with Crippen molar-refractivity contribution < 1.29 is 51.3 Å². The Morgan fingerprint density at radius 3 is 2.52 bits per heavy atom. The van der Waals surface area contributed by atoms with Crippen molar-refractivity contribution in [3.8, 4) is 22.8 Å². The Morgan fingerprint density at radius 1 is 1.10 bits per heavy atom. The summed E-state index contributed by atoms with van der Waals surface area (Å²) in [5, 5.41) is 16.7. The smallest absolute Gasteiger partial charge is 0.424 e. The number of alkyl halides is 3. The highest BCUT2D eigenvalue weighted by molar-refractivity contribution is 6.00. The van der Waals surface area contributed by atoms with Gasteiger partial charge in [-0.2, -0.15) is 13.2 Å². The first-order valence-corrected chi connectivity index (χ1v) is 15.5. The Bertz CT molecular complexity index is 1970. The number of aromatic nitrogens is 2. The van der Waals surface area contributed by atoms with E-state index < -0.39 is 53.2 Å². The number of halogens is 4. The van der Waals surface area contributed by atoms with E-state index in [9.17, 15) is 37.1 Å². The summed E-state index contributed by atoms with van der Waals surface area (Å²) in [6.07, 6.45) is -3.36. The molecular weight excluding hydrogens is 666 g/mol. The predicted octanol–water partition coefficient (Wildman–Crippen LogP) is 4.02. The van der Waals surface area contributed by atoms with Gasteiger partial charge in [-0.05, 0) is 68.3 Å². The lowest BCUT2D eigenvalue weighted by molar-refractivity contribution is -0.265. The standard InChI is InChI=1S/C34H31F4N5O7/c1-32(30(45)41-11-12-48-31(39)46)17-49-28-23(32)15-25(43-27(28)18-4-6-21(35)7-5-18)33(47,34(36,37)38)16-42-29(44)20-13-19-3-2-10-40-26(19)24(14-20)50-22-8-9-22/h2-7,10,13-15,22,47H,8-9,11-12,16-17H2,1H3,(H2,39,46)(H,41,45)(H,42,44)/t32-,33?/m0/s1. The summed E-state index contributed by atoms with van der Waals surface area (Å²) < 4.78 is 75.0. The molecule has 262 valence electrons. The number of nitrogens with one attached hydrogen (secondary N) is 2. The van der Waals surface area contributed by atoms with Crippen LogP contribution in [0.5, 0.6) is 11.5 Å². The van der Waals surface area contributed by atoms with E-state index in [4.69, 9.17) is 15.2 Å². The lowest BCUT2D eigenvalue weighted by atomic mass is 9.81. The summed E-state index contributed by atoms with van der Waals surface area (Å²) in [4.78, 5) is 46.1. The number of carbonyl (C=O) groups is 3. The summed E-state index contributed by atoms with van der Waals surface area (Å²) in [7, 11) is 0. The van der Waals surface area contributed by atoms with Crippen molar-refractivity contribution in [2.45, 2.75) is 43.1 Å². The molecule has 1 unspecified atom stereocenters. The predicted molar refractivity (Wildman–Crippen MR) is 169 cm³/mol. The number of hydrogen-bond donors (Lipinski definition) is 4. The quantitative estimate of drug-likeness (QED) is 0.133. The fraction of sp³-hybridized carbons (Fsp3) is 0.324. The van der Waals surface area contributed by atoms with E-state index in [1.54, 1.807) is 18.3 Å². The highest BCUT2D eigenvalue weighted by atomic mass is 19.4. The maximum atomic E-state index is 14.9. The summed E-state index contributed by atoms with van der Waals surface area (Å²) in [6.45, 7) is -0.754. The van der Waals surface area contributed by atoms with Crippen molar-refractivity contribution in [2.75, 3.05) is 26.3 Å². The van der Waals surface area contributed by atoms with E-state index in [1.165, 1.54) is 31.2 Å². The molecule has 0 bridgehead atoms. The van der Waals surface area contributed by atoms with Crippen LogP contribution in [0.4, 0.5) is 22.4 Å². The Morgan fingerprint density at radius 2 is 1.84 bits per heavy atom. The third-order valence-corrected chi connectivity index (χ3v) is 8.47. The van der Waals surface area contributed by atoms with Gasteiger partial charge in [-0.3, -0.25) is 14.6 Å². The molecular formula is C34H31F4N5O7. The molecule has 2 atom stereocenters. The number of pyridine rings is 2. The van der Waals surface area contributed by atoms with Crippen LogP contribution in [0.25, 0.3) is 22.2 Å². The first-order chi connectivity index (χ1) is 23.7. The summed E-state index contributed by atoms with van der Waals surface area (Å²) in [5.74, 6) is -2.04. The maximum Gasteiger partial charge on any atom is 0.424 e. The molecule has 3 amide bonds. The summed E-state index contributed by atoms with van der Waals surface area (Å²) in [6, 6.07) is 11.7. The number of fused-ring (bicyclic) bond motifs is 2. The van der Waals surface area contributed by atoms with Crippen LogP contribution in [-0.2, 0) is 20.5 Å². The second-order valence-corrected chi connectivity index (χ2v) is 12.2. The van der Waals surface area contributed by atoms with Gasteiger partial charge in [0.25, 0.3) is 5.91 Å². The Labute approximate surface area is 281 Å². The zero-order valence-corrected chi connectivity index (χ0v) is 26.5. The van der Waals surface area contributed by atoms with Crippen molar-refractivity contribution in [1.82, 2.24) is 20.6 Å². The van der Waals surface area contributed by atoms with Crippen LogP contribution in [0, 0.1) is 5.82 Å². The van der Waals surface area contributed by atoms with E-state index in [0.717, 1.165) is 31.0 Å². The van der Waals surface area contributed by atoms with Crippen molar-refractivity contribution in [2.24, 2.45) is 5.73 Å². The molecule has 50 heavy (non-hydrogen) atoms. The van der Waals surface area contributed by atoms with E-state index in [0.29, 0.717) is 16.7 Å². The van der Waals surface area contributed by atoms with Crippen LogP contribution in [0.3, 0.4) is 0 Å². The molecule has 1 fully saturated rings. The first-order valence-electron chi connectivity index (χ1n) is 15.5. The number of nitrogens with zero attached hydrogens (tertiary/aromatic N) is 2. The Kier molecular flexibility index (Phi) is 8.98. The van der Waals surface area contributed by atoms with Crippen molar-refractivity contribution in [3.05, 3.63) is 83.4 Å². The molecule has 1 saturated carbocycles. The van der Waals surface area contributed by atoms with Gasteiger partial charge < -0.3 is 35.7 Å². The molecule has 0 radical (unpaired) electrons. The number of nitrogens with two attached hydrogens (primary N) is 1. The number of benzene rings is 2. The number of rotatable bonds is 11. The molecule has 5 N–H and O–H groups in total. The zero-order chi connectivity index (χ0) is 35.8. The van der Waals surface area contributed by atoms with Gasteiger partial charge in [0.2, 0.25) is 11.5 Å². The van der Waals surface area contributed by atoms with Crippen LogP contribution in [-0.4, -0.2) is 71.6 Å². The molecule has 16 heteroatoms. The fourth-order valence-electron chi connectivity index (χ4n) is 5.49. The van der Waals surface area contributed by atoms with Gasteiger partial charge in [0, 0.05) is 28.3 Å². The topological polar surface area (TPSA) is 175 Å². The minimum atomic E-state index is -5.40. The van der Waals surface area contributed by atoms with E-state index >= 15 is 0 Å². The Hall–Kier alpha value is -5.51. The van der Waals surface area contributed by atoms with Gasteiger partial charge in [-0.1, -0.05) is 6.07 Å². The molecule has 2 aromatic carbocycles. The molecule has 6 rings (SSSR count). The van der Waals surface area contributed by atoms with E-state index in [1.807, 2.05) is 0 Å². The first kappa shape index (κ1) is 34.4. The van der Waals surface area contributed by atoms with E-state index in [-0.39, 0.29) is 54.0 Å². The highest BCUT2D eigenvalue weighted by Gasteiger charge is 2.58. The molecule has 0 saturated heterocycles. The third kappa shape index (κ3) is 6.70. The van der Waals surface area contributed by atoms with Gasteiger partial charge >= 0.3 is 12.3 Å². The number of aliphatic hydroxyl groups is 1. The SMILES string of the molecule is C[C@]1(C(=O)NCCOC(N)=O)COc2c1cc(C(O)(CNC(=O)c1cc(OC3CC3)c3ncccc3c1)C(F)(F)F)nc2-c1ccc(F)cc1. The Balaban J connectivity index is 1.37. The van der Waals surface area contributed by atoms with Gasteiger partial charge in [-0.25, -0.2) is 14.2 Å². The van der Waals surface area contributed by atoms with Crippen molar-refractivity contribution in [3.63, 3.8) is 0 Å². The van der Waals surface area contributed by atoms with E-state index in [2.05, 4.69) is 25.3 Å². The number of carbonyl (C=O) groups excluding carboxylic acids is 3. The van der Waals surface area contributed by atoms with Crippen LogP contribution in [0.15, 0.2) is 60.8 Å². The highest BCUT2D eigenvalue weighted by Crippen LogP contribution is 2.48. The van der Waals surface area contributed by atoms with Crippen molar-refractivity contribution >= 4 is 28.8 Å². The number of hydrogen-bond acceptors (Lipinski definition) is 9. The van der Waals surface area contributed by atoms with Gasteiger partial charge in [-0.15, -0.1) is 0 Å². The number of amides is 3. The van der Waals surface area contributed by atoms with Crippen molar-refractivity contribution in [1.29, 1.82) is 0 Å². The van der Waals surface area contributed by atoms with Crippen LogP contribution < -0.4 is 25.8 Å². The minimum Gasteiger partial charge on any atom is -0.489 e. The molecule has 0 spiro atoms. The largest absolute Gasteiger partial charge is 0.489 e. The molecule has 4 aromatic rings. The monoisotopic (exact) mass is 697 g/mol. The second-order valence-electron chi connectivity index (χ2n) is 12.2. The average Bonchev–Trinajstić information content (AvgIpc) is 3.84. The lowest BCUT2D eigenvalue weighted by Crippen LogP contribution is -2.52. The molecule has 2 aromatic heterocycles. The fourth-order valence-corrected chi connectivity index (χ4v) is 5.49. The number of primary amides is 1. The van der Waals surface area contributed by atoms with Gasteiger partial charge in [0.05, 0.1) is 24.9 Å².